The van der Waals surface area contributed by atoms with Crippen LogP contribution in [0.5, 0.6) is 0 Å². The molecule has 0 radical (unpaired) electrons. The van der Waals surface area contributed by atoms with Crippen LogP contribution >= 0.6 is 0 Å². The quantitative estimate of drug-likeness (QED) is 0.181. The van der Waals surface area contributed by atoms with Gasteiger partial charge in [0.2, 0.25) is 5.95 Å². The van der Waals surface area contributed by atoms with Crippen molar-refractivity contribution in [3.63, 3.8) is 0 Å². The van der Waals surface area contributed by atoms with Gasteiger partial charge in [0.25, 0.3) is 17.7 Å². The van der Waals surface area contributed by atoms with E-state index in [1.807, 2.05) is 18.3 Å². The average Bonchev–Trinajstić information content (AvgIpc) is 3.47. The van der Waals surface area contributed by atoms with Crippen molar-refractivity contribution < 1.29 is 23.9 Å². The van der Waals surface area contributed by atoms with Crippen molar-refractivity contribution in [3.05, 3.63) is 82.5 Å². The van der Waals surface area contributed by atoms with Crippen LogP contribution in [0.3, 0.4) is 0 Å². The molecule has 0 spiro atoms. The number of amides is 3. The van der Waals surface area contributed by atoms with Crippen molar-refractivity contribution in [2.24, 2.45) is 0 Å². The molecule has 40 heavy (non-hydrogen) atoms. The molecule has 3 amide bonds. The summed E-state index contributed by atoms with van der Waals surface area (Å²) in [4.78, 5) is 62.9. The fraction of sp³-hybridized carbons (Fsp3) is 0.214. The number of fused-ring (bicyclic) bond motifs is 2. The maximum atomic E-state index is 12.9. The Hall–Kier alpha value is -5.26. The first-order chi connectivity index (χ1) is 19.3. The molecule has 2 aromatic heterocycles. The smallest absolute Gasteiger partial charge is 0.328 e. The molecule has 0 bridgehead atoms. The first kappa shape index (κ1) is 26.4. The number of carbonyl (C=O) groups excluding carboxylic acids is 4. The molecule has 0 unspecified atom stereocenters. The van der Waals surface area contributed by atoms with Gasteiger partial charge < -0.3 is 26.5 Å². The van der Waals surface area contributed by atoms with Crippen LogP contribution in [-0.2, 0) is 22.4 Å². The van der Waals surface area contributed by atoms with Gasteiger partial charge in [0.15, 0.2) is 0 Å². The largest absolute Gasteiger partial charge is 0.467 e. The molecular formula is C28H27N7O5. The highest BCUT2D eigenvalue weighted by Gasteiger charge is 2.36. The predicted octanol–water partition coefficient (Wildman–Crippen LogP) is 1.87. The van der Waals surface area contributed by atoms with Crippen LogP contribution in [0.15, 0.2) is 54.7 Å². The molecule has 3 heterocycles. The summed E-state index contributed by atoms with van der Waals surface area (Å²) in [5.41, 5.74) is 15.2. The summed E-state index contributed by atoms with van der Waals surface area (Å²) in [7, 11) is 1.21. The number of nitrogen functional groups attached to an aromatic ring is 2. The second-order valence-electron chi connectivity index (χ2n) is 9.35. The van der Waals surface area contributed by atoms with Crippen LogP contribution < -0.4 is 16.8 Å². The van der Waals surface area contributed by atoms with Crippen molar-refractivity contribution in [1.29, 1.82) is 0 Å². The van der Waals surface area contributed by atoms with E-state index >= 15 is 0 Å². The minimum atomic E-state index is -1.05. The molecule has 12 nitrogen and oxygen atoms in total. The maximum Gasteiger partial charge on any atom is 0.328 e. The fourth-order valence-corrected chi connectivity index (χ4v) is 4.78. The third-order valence-electron chi connectivity index (χ3n) is 6.87. The zero-order chi connectivity index (χ0) is 28.4. The molecule has 0 saturated carbocycles. The molecule has 4 aromatic rings. The summed E-state index contributed by atoms with van der Waals surface area (Å²) >= 11 is 0. The summed E-state index contributed by atoms with van der Waals surface area (Å²) in [6.07, 6.45) is 3.16. The zero-order valence-corrected chi connectivity index (χ0v) is 21.6. The number of nitrogens with zero attached hydrogens (tertiary/aromatic N) is 3. The summed E-state index contributed by atoms with van der Waals surface area (Å²) in [6, 6.07) is 12.5. The molecule has 1 atom stereocenters. The number of hydrogen-bond donors (Lipinski definition) is 4. The Morgan fingerprint density at radius 3 is 2.33 bits per heavy atom. The average molecular weight is 542 g/mol. The molecule has 1 aliphatic rings. The third-order valence-corrected chi connectivity index (χ3v) is 6.87. The van der Waals surface area contributed by atoms with E-state index < -0.39 is 29.7 Å². The second kappa shape index (κ2) is 10.8. The van der Waals surface area contributed by atoms with Gasteiger partial charge in [-0.3, -0.25) is 19.3 Å². The number of hydrogen-bond acceptors (Lipinski definition) is 9. The van der Waals surface area contributed by atoms with Crippen molar-refractivity contribution in [2.75, 3.05) is 25.1 Å². The summed E-state index contributed by atoms with van der Waals surface area (Å²) in [5.74, 6) is -1.61. The Morgan fingerprint density at radius 1 is 1.00 bits per heavy atom. The highest BCUT2D eigenvalue weighted by atomic mass is 16.5. The number of nitrogens with one attached hydrogen (secondary N) is 2. The molecule has 12 heteroatoms. The van der Waals surface area contributed by atoms with E-state index in [1.54, 1.807) is 36.4 Å². The molecule has 6 N–H and O–H groups in total. The monoisotopic (exact) mass is 541 g/mol. The second-order valence-corrected chi connectivity index (χ2v) is 9.35. The number of esters is 1. The van der Waals surface area contributed by atoms with Crippen LogP contribution in [0.25, 0.3) is 11.0 Å². The third kappa shape index (κ3) is 5.06. The van der Waals surface area contributed by atoms with Crippen molar-refractivity contribution in [2.45, 2.75) is 25.3 Å². The van der Waals surface area contributed by atoms with Crippen LogP contribution in [0.2, 0.25) is 0 Å². The van der Waals surface area contributed by atoms with Crippen LogP contribution in [0, 0.1) is 0 Å². The number of aromatic nitrogens is 3. The number of nitrogens with two attached hydrogens (primary N) is 2. The van der Waals surface area contributed by atoms with E-state index in [-0.39, 0.29) is 18.9 Å². The van der Waals surface area contributed by atoms with Gasteiger partial charge in [0.1, 0.15) is 17.5 Å². The van der Waals surface area contributed by atoms with Gasteiger partial charge in [0.05, 0.1) is 23.6 Å². The molecule has 0 aliphatic carbocycles. The van der Waals surface area contributed by atoms with E-state index in [1.165, 1.54) is 7.11 Å². The predicted molar refractivity (Wildman–Crippen MR) is 146 cm³/mol. The van der Waals surface area contributed by atoms with E-state index in [0.29, 0.717) is 41.0 Å². The molecule has 0 fully saturated rings. The lowest BCUT2D eigenvalue weighted by Crippen LogP contribution is -2.44. The highest BCUT2D eigenvalue weighted by molar-refractivity contribution is 6.21. The molecule has 2 aromatic carbocycles. The molecule has 204 valence electrons. The Bertz CT molecular complexity index is 1600. The minimum absolute atomic E-state index is 0.00504. The number of H-pyrrole nitrogens is 1. The van der Waals surface area contributed by atoms with Gasteiger partial charge in [-0.15, -0.1) is 0 Å². The van der Waals surface area contributed by atoms with Gasteiger partial charge in [0, 0.05) is 18.3 Å². The number of carbonyl (C=O) groups is 4. The van der Waals surface area contributed by atoms with Crippen molar-refractivity contribution in [1.82, 2.24) is 25.2 Å². The van der Waals surface area contributed by atoms with Gasteiger partial charge in [-0.1, -0.05) is 24.3 Å². The standard InChI is InChI=1S/C28H27N7O5/c1-40-27(39)20(12-13-35-25(37)18-4-2-3-5-19(18)26(35)38)32-24(36)16-9-6-15(7-10-16)8-11-17-14-31-23-21(17)22(29)33-28(30)34-23/h2-7,9-10,14,20H,8,11-13H2,1H3,(H,32,36)(H5,29,30,31,33,34)/t20-/m0/s1. The molecule has 0 saturated heterocycles. The lowest BCUT2D eigenvalue weighted by Gasteiger charge is -2.20. The Labute approximate surface area is 228 Å². The van der Waals surface area contributed by atoms with Gasteiger partial charge in [-0.05, 0) is 54.7 Å². The van der Waals surface area contributed by atoms with E-state index in [4.69, 9.17) is 16.2 Å². The van der Waals surface area contributed by atoms with E-state index in [9.17, 15) is 19.2 Å². The zero-order valence-electron chi connectivity index (χ0n) is 21.6. The number of rotatable bonds is 9. The summed E-state index contributed by atoms with van der Waals surface area (Å²) in [5, 5.41) is 3.39. The number of methoxy groups -OCH3 is 1. The molecule has 5 rings (SSSR count). The minimum Gasteiger partial charge on any atom is -0.467 e. The highest BCUT2D eigenvalue weighted by Crippen LogP contribution is 2.25. The summed E-state index contributed by atoms with van der Waals surface area (Å²) in [6.45, 7) is -0.0543. The normalized spacial score (nSPS) is 13.4. The van der Waals surface area contributed by atoms with E-state index in [2.05, 4.69) is 20.3 Å². The first-order valence-electron chi connectivity index (χ1n) is 12.6. The number of benzene rings is 2. The number of anilines is 2. The van der Waals surface area contributed by atoms with Crippen LogP contribution in [0.1, 0.15) is 48.6 Å². The summed E-state index contributed by atoms with van der Waals surface area (Å²) < 4.78 is 4.84. The maximum absolute atomic E-state index is 12.9. The lowest BCUT2D eigenvalue weighted by molar-refractivity contribution is -0.143. The van der Waals surface area contributed by atoms with Gasteiger partial charge in [-0.2, -0.15) is 9.97 Å². The SMILES string of the molecule is COC(=O)[C@H](CCN1C(=O)c2ccccc2C1=O)NC(=O)c1ccc(CCc2c[nH]c3nc(N)nc(N)c23)cc1. The lowest BCUT2D eigenvalue weighted by atomic mass is 10.0. The molecular weight excluding hydrogens is 514 g/mol. The number of aryl methyl sites for hydroxylation is 2. The first-order valence-corrected chi connectivity index (χ1v) is 12.6. The van der Waals surface area contributed by atoms with Gasteiger partial charge in [-0.25, -0.2) is 4.79 Å². The fourth-order valence-electron chi connectivity index (χ4n) is 4.78. The van der Waals surface area contributed by atoms with Crippen molar-refractivity contribution >= 4 is 46.5 Å². The number of ether oxygens (including phenoxy) is 1. The molecule has 1 aliphatic heterocycles. The Morgan fingerprint density at radius 2 is 1.68 bits per heavy atom. The van der Waals surface area contributed by atoms with Crippen molar-refractivity contribution in [3.8, 4) is 0 Å². The van der Waals surface area contributed by atoms with Gasteiger partial charge >= 0.3 is 5.97 Å². The Balaban J connectivity index is 1.20. The van der Waals surface area contributed by atoms with Crippen LogP contribution in [0.4, 0.5) is 11.8 Å². The topological polar surface area (TPSA) is 186 Å². The van der Waals surface area contributed by atoms with Crippen LogP contribution in [-0.4, -0.2) is 63.2 Å². The number of aromatic amines is 1. The number of imide groups is 1. The van der Waals surface area contributed by atoms with E-state index in [0.717, 1.165) is 21.4 Å². The Kier molecular flexibility index (Phi) is 7.15.